The molecule has 2 aromatic rings. The smallest absolute Gasteiger partial charge is 0.377 e. The fraction of sp³-hybridized carbons (Fsp3) is 0.417. The Bertz CT molecular complexity index is 649. The van der Waals surface area contributed by atoms with Gasteiger partial charge in [0, 0.05) is 11.5 Å². The summed E-state index contributed by atoms with van der Waals surface area (Å²) >= 11 is 0. The minimum Gasteiger partial charge on any atom is -0.463 e. The van der Waals surface area contributed by atoms with Gasteiger partial charge in [0.2, 0.25) is 0 Å². The van der Waals surface area contributed by atoms with E-state index >= 15 is 0 Å². The first-order valence-corrected chi connectivity index (χ1v) is 6.08. The van der Waals surface area contributed by atoms with Gasteiger partial charge in [-0.3, -0.25) is 0 Å². The Balaban J connectivity index is 2.51. The molecule has 0 aliphatic carbocycles. The highest BCUT2D eigenvalue weighted by molar-refractivity contribution is 5.84. The van der Waals surface area contributed by atoms with Crippen LogP contribution in [-0.4, -0.2) is 37.8 Å². The third-order valence-corrected chi connectivity index (χ3v) is 2.77. The molecule has 0 aliphatic heterocycles. The van der Waals surface area contributed by atoms with Crippen molar-refractivity contribution in [3.05, 3.63) is 23.5 Å². The molecule has 0 spiro atoms. The van der Waals surface area contributed by atoms with Crippen LogP contribution >= 0.6 is 0 Å². The first-order chi connectivity index (χ1) is 9.43. The lowest BCUT2D eigenvalue weighted by Crippen LogP contribution is -2.11. The summed E-state index contributed by atoms with van der Waals surface area (Å²) in [6.07, 6.45) is 1.39. The maximum Gasteiger partial charge on any atom is 0.377 e. The molecule has 0 radical (unpaired) electrons. The van der Waals surface area contributed by atoms with E-state index in [1.54, 1.807) is 6.92 Å². The number of ether oxygens (including phenoxy) is 1. The Morgan fingerprint density at radius 1 is 1.40 bits per heavy atom. The van der Waals surface area contributed by atoms with E-state index in [4.69, 9.17) is 5.73 Å². The van der Waals surface area contributed by atoms with Gasteiger partial charge in [0.1, 0.15) is 18.0 Å². The largest absolute Gasteiger partial charge is 0.463 e. The Hall–Kier alpha value is -2.51. The summed E-state index contributed by atoms with van der Waals surface area (Å²) < 4.78 is 5.96. The van der Waals surface area contributed by atoms with Crippen LogP contribution in [0.25, 0.3) is 5.82 Å². The van der Waals surface area contributed by atoms with E-state index in [9.17, 15) is 4.79 Å². The monoisotopic (exact) mass is 276 g/mol. The van der Waals surface area contributed by atoms with Gasteiger partial charge in [-0.25, -0.2) is 24.4 Å². The summed E-state index contributed by atoms with van der Waals surface area (Å²) in [6, 6.07) is 0. The van der Waals surface area contributed by atoms with Crippen LogP contribution in [0.3, 0.4) is 0 Å². The number of methoxy groups -OCH3 is 1. The number of rotatable bonds is 3. The standard InChI is InChI=1S/C12H16N6O2/c1-6(2)9-15-8(13)7(3)11(16-9)18-5-14-10(17-18)12(19)20-4/h5-6H,1-4H3,(H2,13,15,16). The molecule has 106 valence electrons. The number of anilines is 1. The van der Waals surface area contributed by atoms with Crippen LogP contribution in [0.2, 0.25) is 0 Å². The molecule has 2 rings (SSSR count). The van der Waals surface area contributed by atoms with Crippen molar-refractivity contribution in [1.29, 1.82) is 0 Å². The van der Waals surface area contributed by atoms with Gasteiger partial charge < -0.3 is 10.5 Å². The summed E-state index contributed by atoms with van der Waals surface area (Å²) in [6.45, 7) is 5.72. The van der Waals surface area contributed by atoms with E-state index in [1.807, 2.05) is 13.8 Å². The van der Waals surface area contributed by atoms with Crippen LogP contribution < -0.4 is 5.73 Å². The summed E-state index contributed by atoms with van der Waals surface area (Å²) in [5, 5.41) is 4.04. The minimum atomic E-state index is -0.604. The average Bonchev–Trinajstić information content (AvgIpc) is 2.90. The summed E-state index contributed by atoms with van der Waals surface area (Å²) in [4.78, 5) is 23.9. The van der Waals surface area contributed by atoms with E-state index in [0.29, 0.717) is 23.0 Å². The molecule has 0 unspecified atom stereocenters. The SMILES string of the molecule is COC(=O)c1ncn(-c2nc(C(C)C)nc(N)c2C)n1. The van der Waals surface area contributed by atoms with E-state index in [1.165, 1.54) is 18.1 Å². The molecular formula is C12H16N6O2. The lowest BCUT2D eigenvalue weighted by atomic mass is 10.2. The van der Waals surface area contributed by atoms with Gasteiger partial charge in [-0.1, -0.05) is 13.8 Å². The molecule has 0 aromatic carbocycles. The molecule has 8 nitrogen and oxygen atoms in total. The van der Waals surface area contributed by atoms with Gasteiger partial charge in [0.05, 0.1) is 7.11 Å². The highest BCUT2D eigenvalue weighted by atomic mass is 16.5. The Labute approximate surface area is 116 Å². The maximum absolute atomic E-state index is 11.4. The van der Waals surface area contributed by atoms with Gasteiger partial charge in [-0.05, 0) is 6.92 Å². The van der Waals surface area contributed by atoms with Crippen LogP contribution in [0.4, 0.5) is 5.82 Å². The maximum atomic E-state index is 11.4. The number of nitrogens with two attached hydrogens (primary N) is 1. The van der Waals surface area contributed by atoms with Crippen LogP contribution in [0.5, 0.6) is 0 Å². The molecule has 8 heteroatoms. The molecule has 0 saturated carbocycles. The van der Waals surface area contributed by atoms with Crippen molar-refractivity contribution >= 4 is 11.8 Å². The van der Waals surface area contributed by atoms with Crippen molar-refractivity contribution in [2.24, 2.45) is 0 Å². The lowest BCUT2D eigenvalue weighted by Gasteiger charge is -2.11. The summed E-state index contributed by atoms with van der Waals surface area (Å²) in [7, 11) is 1.27. The zero-order valence-electron chi connectivity index (χ0n) is 11.8. The average molecular weight is 276 g/mol. The fourth-order valence-electron chi connectivity index (χ4n) is 1.57. The third-order valence-electron chi connectivity index (χ3n) is 2.77. The zero-order chi connectivity index (χ0) is 14.9. The van der Waals surface area contributed by atoms with Crippen molar-refractivity contribution in [3.8, 4) is 5.82 Å². The lowest BCUT2D eigenvalue weighted by molar-refractivity contribution is 0.0587. The number of hydrogen-bond donors (Lipinski definition) is 1. The highest BCUT2D eigenvalue weighted by Crippen LogP contribution is 2.19. The van der Waals surface area contributed by atoms with Gasteiger partial charge in [-0.2, -0.15) is 0 Å². The van der Waals surface area contributed by atoms with E-state index in [-0.39, 0.29) is 11.7 Å². The van der Waals surface area contributed by atoms with Crippen molar-refractivity contribution in [3.63, 3.8) is 0 Å². The van der Waals surface area contributed by atoms with Crippen LogP contribution in [0.15, 0.2) is 6.33 Å². The van der Waals surface area contributed by atoms with Gasteiger partial charge >= 0.3 is 5.97 Å². The highest BCUT2D eigenvalue weighted by Gasteiger charge is 2.17. The zero-order valence-corrected chi connectivity index (χ0v) is 11.8. The van der Waals surface area contributed by atoms with Crippen molar-refractivity contribution in [2.75, 3.05) is 12.8 Å². The van der Waals surface area contributed by atoms with Crippen molar-refractivity contribution < 1.29 is 9.53 Å². The quantitative estimate of drug-likeness (QED) is 0.828. The van der Waals surface area contributed by atoms with Crippen molar-refractivity contribution in [2.45, 2.75) is 26.7 Å². The Morgan fingerprint density at radius 2 is 2.10 bits per heavy atom. The summed E-state index contributed by atoms with van der Waals surface area (Å²) in [5.74, 6) is 0.985. The second-order valence-electron chi connectivity index (χ2n) is 4.57. The second-order valence-corrected chi connectivity index (χ2v) is 4.57. The number of esters is 1. The number of aromatic nitrogens is 5. The second kappa shape index (κ2) is 5.24. The first kappa shape index (κ1) is 13.9. The number of nitrogen functional groups attached to an aromatic ring is 1. The fourth-order valence-corrected chi connectivity index (χ4v) is 1.57. The minimum absolute atomic E-state index is 0.0322. The molecule has 2 N–H and O–H groups in total. The van der Waals surface area contributed by atoms with E-state index in [0.717, 1.165) is 0 Å². The number of nitrogens with zero attached hydrogens (tertiary/aromatic N) is 5. The summed E-state index contributed by atoms with van der Waals surface area (Å²) in [5.41, 5.74) is 6.56. The molecule has 0 saturated heterocycles. The first-order valence-electron chi connectivity index (χ1n) is 6.08. The number of hydrogen-bond acceptors (Lipinski definition) is 7. The van der Waals surface area contributed by atoms with Crippen molar-refractivity contribution in [1.82, 2.24) is 24.7 Å². The normalized spacial score (nSPS) is 10.8. The predicted molar refractivity (Wildman–Crippen MR) is 71.5 cm³/mol. The van der Waals surface area contributed by atoms with Crippen LogP contribution in [0, 0.1) is 6.92 Å². The molecule has 2 aromatic heterocycles. The van der Waals surface area contributed by atoms with Crippen LogP contribution in [0.1, 0.15) is 41.8 Å². The molecule has 0 bridgehead atoms. The van der Waals surface area contributed by atoms with Gasteiger partial charge in [-0.15, -0.1) is 5.10 Å². The number of carbonyl (C=O) groups excluding carboxylic acids is 1. The molecular weight excluding hydrogens is 260 g/mol. The van der Waals surface area contributed by atoms with Gasteiger partial charge in [0.25, 0.3) is 5.82 Å². The third kappa shape index (κ3) is 2.44. The van der Waals surface area contributed by atoms with Crippen LogP contribution in [-0.2, 0) is 4.74 Å². The number of carbonyl (C=O) groups is 1. The van der Waals surface area contributed by atoms with E-state index in [2.05, 4.69) is 24.8 Å². The molecule has 0 aliphatic rings. The molecule has 2 heterocycles. The molecule has 0 fully saturated rings. The van der Waals surface area contributed by atoms with E-state index < -0.39 is 5.97 Å². The molecule has 0 atom stereocenters. The molecule has 20 heavy (non-hydrogen) atoms. The topological polar surface area (TPSA) is 109 Å². The Kier molecular flexibility index (Phi) is 3.64. The van der Waals surface area contributed by atoms with Gasteiger partial charge in [0.15, 0.2) is 5.82 Å². The molecule has 0 amide bonds. The Morgan fingerprint density at radius 3 is 2.70 bits per heavy atom. The predicted octanol–water partition coefficient (Wildman–Crippen LogP) is 0.858.